The molecule has 5 nitrogen and oxygen atoms in total. The molecule has 0 bridgehead atoms. The Morgan fingerprint density at radius 1 is 1.30 bits per heavy atom. The SMILES string of the molecule is COc1ccc(C)c2sc(N3CC(C(=O)N4CCCC4)C3)nc12. The van der Waals surface area contributed by atoms with E-state index in [0.717, 1.165) is 55.4 Å². The largest absolute Gasteiger partial charge is 0.494 e. The molecule has 3 heterocycles. The van der Waals surface area contributed by atoms with E-state index in [1.165, 1.54) is 10.3 Å². The second-order valence-corrected chi connectivity index (χ2v) is 7.37. The Morgan fingerprint density at radius 3 is 2.74 bits per heavy atom. The van der Waals surface area contributed by atoms with Gasteiger partial charge in [-0.1, -0.05) is 17.4 Å². The minimum absolute atomic E-state index is 0.142. The summed E-state index contributed by atoms with van der Waals surface area (Å²) in [6.45, 7) is 5.55. The number of likely N-dealkylation sites (tertiary alicyclic amines) is 1. The summed E-state index contributed by atoms with van der Waals surface area (Å²) in [5.41, 5.74) is 2.15. The summed E-state index contributed by atoms with van der Waals surface area (Å²) >= 11 is 1.69. The highest BCUT2D eigenvalue weighted by Crippen LogP contribution is 2.38. The van der Waals surface area contributed by atoms with E-state index in [4.69, 9.17) is 9.72 Å². The van der Waals surface area contributed by atoms with Crippen molar-refractivity contribution in [1.29, 1.82) is 0 Å². The van der Waals surface area contributed by atoms with Crippen LogP contribution in [0.15, 0.2) is 12.1 Å². The van der Waals surface area contributed by atoms with E-state index in [1.807, 2.05) is 11.0 Å². The van der Waals surface area contributed by atoms with E-state index in [-0.39, 0.29) is 5.92 Å². The van der Waals surface area contributed by atoms with Gasteiger partial charge in [0.2, 0.25) is 5.91 Å². The second kappa shape index (κ2) is 5.67. The van der Waals surface area contributed by atoms with Gasteiger partial charge in [-0.05, 0) is 31.4 Å². The number of benzene rings is 1. The molecule has 2 aliphatic heterocycles. The van der Waals surface area contributed by atoms with Crippen LogP contribution >= 0.6 is 11.3 Å². The fraction of sp³-hybridized carbons (Fsp3) is 0.529. The number of rotatable bonds is 3. The van der Waals surface area contributed by atoms with Crippen LogP contribution in [-0.4, -0.2) is 49.1 Å². The second-order valence-electron chi connectivity index (χ2n) is 6.39. The van der Waals surface area contributed by atoms with Crippen LogP contribution < -0.4 is 9.64 Å². The third-order valence-electron chi connectivity index (χ3n) is 4.83. The first-order valence-electron chi connectivity index (χ1n) is 8.15. The molecule has 2 aliphatic rings. The molecule has 0 spiro atoms. The van der Waals surface area contributed by atoms with Gasteiger partial charge < -0.3 is 14.5 Å². The topological polar surface area (TPSA) is 45.7 Å². The summed E-state index contributed by atoms with van der Waals surface area (Å²) in [7, 11) is 1.68. The molecule has 2 saturated heterocycles. The molecule has 0 unspecified atom stereocenters. The monoisotopic (exact) mass is 331 g/mol. The zero-order valence-electron chi connectivity index (χ0n) is 13.5. The predicted molar refractivity (Wildman–Crippen MR) is 92.4 cm³/mol. The van der Waals surface area contributed by atoms with Gasteiger partial charge in [-0.3, -0.25) is 4.79 Å². The van der Waals surface area contributed by atoms with Crippen LogP contribution in [0.25, 0.3) is 10.2 Å². The zero-order chi connectivity index (χ0) is 16.0. The van der Waals surface area contributed by atoms with Gasteiger partial charge in [0, 0.05) is 26.2 Å². The van der Waals surface area contributed by atoms with Crippen molar-refractivity contribution >= 4 is 32.6 Å². The number of hydrogen-bond donors (Lipinski definition) is 0. The smallest absolute Gasteiger partial charge is 0.229 e. The molecule has 2 aromatic rings. The molecule has 23 heavy (non-hydrogen) atoms. The highest BCUT2D eigenvalue weighted by atomic mass is 32.1. The molecule has 2 fully saturated rings. The summed E-state index contributed by atoms with van der Waals surface area (Å²) in [6.07, 6.45) is 2.30. The van der Waals surface area contributed by atoms with E-state index < -0.39 is 0 Å². The van der Waals surface area contributed by atoms with Crippen LogP contribution in [-0.2, 0) is 4.79 Å². The van der Waals surface area contributed by atoms with E-state index in [1.54, 1.807) is 18.4 Å². The maximum Gasteiger partial charge on any atom is 0.229 e. The van der Waals surface area contributed by atoms with Crippen molar-refractivity contribution < 1.29 is 9.53 Å². The molecule has 4 rings (SSSR count). The van der Waals surface area contributed by atoms with Gasteiger partial charge in [-0.2, -0.15) is 0 Å². The lowest BCUT2D eigenvalue weighted by Gasteiger charge is -2.39. The number of aromatic nitrogens is 1. The number of carbonyl (C=O) groups is 1. The van der Waals surface area contributed by atoms with E-state index in [2.05, 4.69) is 17.9 Å². The Labute approximate surface area is 139 Å². The van der Waals surface area contributed by atoms with E-state index in [9.17, 15) is 4.79 Å². The van der Waals surface area contributed by atoms with Gasteiger partial charge in [0.15, 0.2) is 5.13 Å². The first-order chi connectivity index (χ1) is 11.2. The van der Waals surface area contributed by atoms with Gasteiger partial charge in [0.25, 0.3) is 0 Å². The maximum absolute atomic E-state index is 12.4. The molecule has 6 heteroatoms. The van der Waals surface area contributed by atoms with Crippen molar-refractivity contribution in [3.8, 4) is 5.75 Å². The lowest BCUT2D eigenvalue weighted by atomic mass is 9.99. The predicted octanol–water partition coefficient (Wildman–Crippen LogP) is 2.67. The molecular formula is C17H21N3O2S. The number of amides is 1. The van der Waals surface area contributed by atoms with Gasteiger partial charge in [-0.25, -0.2) is 4.98 Å². The summed E-state index contributed by atoms with van der Waals surface area (Å²) in [4.78, 5) is 21.4. The maximum atomic E-state index is 12.4. The molecule has 0 saturated carbocycles. The van der Waals surface area contributed by atoms with Crippen molar-refractivity contribution in [1.82, 2.24) is 9.88 Å². The van der Waals surface area contributed by atoms with Gasteiger partial charge in [0.05, 0.1) is 17.7 Å². The van der Waals surface area contributed by atoms with Gasteiger partial charge in [0.1, 0.15) is 11.3 Å². The fourth-order valence-corrected chi connectivity index (χ4v) is 4.45. The number of anilines is 1. The highest BCUT2D eigenvalue weighted by molar-refractivity contribution is 7.22. The quantitative estimate of drug-likeness (QED) is 0.867. The Hall–Kier alpha value is -1.82. The number of hydrogen-bond acceptors (Lipinski definition) is 5. The summed E-state index contributed by atoms with van der Waals surface area (Å²) in [5.74, 6) is 1.29. The summed E-state index contributed by atoms with van der Waals surface area (Å²) in [6, 6.07) is 4.04. The van der Waals surface area contributed by atoms with Crippen molar-refractivity contribution in [2.75, 3.05) is 38.2 Å². The first kappa shape index (κ1) is 14.8. The lowest BCUT2D eigenvalue weighted by molar-refractivity contribution is -0.135. The Balaban J connectivity index is 1.51. The zero-order valence-corrected chi connectivity index (χ0v) is 14.4. The average molecular weight is 331 g/mol. The minimum Gasteiger partial charge on any atom is -0.494 e. The lowest BCUT2D eigenvalue weighted by Crippen LogP contribution is -2.54. The molecule has 1 amide bonds. The highest BCUT2D eigenvalue weighted by Gasteiger charge is 2.37. The van der Waals surface area contributed by atoms with E-state index in [0.29, 0.717) is 5.91 Å². The molecule has 0 aliphatic carbocycles. The summed E-state index contributed by atoms with van der Waals surface area (Å²) in [5, 5.41) is 0.998. The molecule has 1 aromatic heterocycles. The molecule has 0 radical (unpaired) electrons. The van der Waals surface area contributed by atoms with Crippen molar-refractivity contribution in [2.24, 2.45) is 5.92 Å². The third-order valence-corrected chi connectivity index (χ3v) is 6.08. The van der Waals surface area contributed by atoms with Crippen LogP contribution in [0.4, 0.5) is 5.13 Å². The Bertz CT molecular complexity index is 746. The number of nitrogens with zero attached hydrogens (tertiary/aromatic N) is 3. The number of methoxy groups -OCH3 is 1. The third kappa shape index (κ3) is 2.45. The van der Waals surface area contributed by atoms with Crippen LogP contribution in [0.3, 0.4) is 0 Å². The normalized spacial score (nSPS) is 18.5. The van der Waals surface area contributed by atoms with E-state index >= 15 is 0 Å². The van der Waals surface area contributed by atoms with Crippen LogP contribution in [0, 0.1) is 12.8 Å². The van der Waals surface area contributed by atoms with Crippen molar-refractivity contribution in [3.63, 3.8) is 0 Å². The van der Waals surface area contributed by atoms with Crippen LogP contribution in [0.2, 0.25) is 0 Å². The Kier molecular flexibility index (Phi) is 3.64. The van der Waals surface area contributed by atoms with Crippen LogP contribution in [0.5, 0.6) is 5.75 Å². The number of aryl methyl sites for hydroxylation is 1. The van der Waals surface area contributed by atoms with Gasteiger partial charge in [-0.15, -0.1) is 0 Å². The molecule has 0 N–H and O–H groups in total. The standard InChI is InChI=1S/C17H21N3O2S/c1-11-5-6-13(22-2)14-15(11)23-17(18-14)20-9-12(10-20)16(21)19-7-3-4-8-19/h5-6,12H,3-4,7-10H2,1-2H3. The van der Waals surface area contributed by atoms with Crippen molar-refractivity contribution in [2.45, 2.75) is 19.8 Å². The fourth-order valence-electron chi connectivity index (χ4n) is 3.39. The Morgan fingerprint density at radius 2 is 2.04 bits per heavy atom. The first-order valence-corrected chi connectivity index (χ1v) is 8.97. The molecular weight excluding hydrogens is 310 g/mol. The number of ether oxygens (including phenoxy) is 1. The summed E-state index contributed by atoms with van der Waals surface area (Å²) < 4.78 is 6.59. The minimum atomic E-state index is 0.142. The van der Waals surface area contributed by atoms with Crippen molar-refractivity contribution in [3.05, 3.63) is 17.7 Å². The average Bonchev–Trinajstić information content (AvgIpc) is 3.16. The molecule has 1 aromatic carbocycles. The number of fused-ring (bicyclic) bond motifs is 1. The molecule has 0 atom stereocenters. The van der Waals surface area contributed by atoms with Gasteiger partial charge >= 0.3 is 0 Å². The number of thiazole rings is 1. The molecule has 122 valence electrons. The number of carbonyl (C=O) groups excluding carboxylic acids is 1. The van der Waals surface area contributed by atoms with Crippen LogP contribution in [0.1, 0.15) is 18.4 Å².